The number of rotatable bonds is 9. The van der Waals surface area contributed by atoms with Crippen molar-refractivity contribution in [2.75, 3.05) is 19.7 Å². The highest BCUT2D eigenvalue weighted by atomic mass is 32.2. The molecule has 0 saturated carbocycles. The van der Waals surface area contributed by atoms with Gasteiger partial charge in [-0.3, -0.25) is 4.79 Å². The lowest BCUT2D eigenvalue weighted by Crippen LogP contribution is -2.47. The molecule has 2 N–H and O–H groups in total. The maximum atomic E-state index is 12.9. The summed E-state index contributed by atoms with van der Waals surface area (Å²) in [7, 11) is -3.83. The van der Waals surface area contributed by atoms with Gasteiger partial charge in [-0.15, -0.1) is 0 Å². The van der Waals surface area contributed by atoms with Gasteiger partial charge < -0.3 is 24.4 Å². The van der Waals surface area contributed by atoms with Gasteiger partial charge in [0, 0.05) is 25.4 Å². The highest BCUT2D eigenvalue weighted by Gasteiger charge is 2.35. The van der Waals surface area contributed by atoms with Crippen molar-refractivity contribution < 1.29 is 27.2 Å². The van der Waals surface area contributed by atoms with E-state index in [1.165, 1.54) is 22.8 Å². The first-order valence-electron chi connectivity index (χ1n) is 10.4. The van der Waals surface area contributed by atoms with Crippen molar-refractivity contribution in [3.05, 3.63) is 64.1 Å². The van der Waals surface area contributed by atoms with E-state index >= 15 is 0 Å². The number of hydrogen-bond acceptors (Lipinski definition) is 7. The van der Waals surface area contributed by atoms with Crippen LogP contribution in [0.25, 0.3) is 0 Å². The molecule has 12 heteroatoms. The molecule has 178 valence electrons. The van der Waals surface area contributed by atoms with Gasteiger partial charge in [-0.05, 0) is 25.1 Å². The maximum absolute atomic E-state index is 12.9. The first kappa shape index (κ1) is 24.3. The molecule has 0 spiro atoms. The molecule has 0 fully saturated rings. The van der Waals surface area contributed by atoms with Crippen molar-refractivity contribution in [2.24, 2.45) is 0 Å². The molecule has 0 radical (unpaired) electrons. The molecule has 3 heterocycles. The van der Waals surface area contributed by atoms with Gasteiger partial charge in [-0.2, -0.15) is 4.31 Å². The highest BCUT2D eigenvalue weighted by Crippen LogP contribution is 2.28. The van der Waals surface area contributed by atoms with Crippen LogP contribution in [0.5, 0.6) is 0 Å². The lowest BCUT2D eigenvalue weighted by molar-refractivity contribution is -0.139. The summed E-state index contributed by atoms with van der Waals surface area (Å²) in [5, 5.41) is 5.16. The number of furan rings is 1. The van der Waals surface area contributed by atoms with Crippen molar-refractivity contribution in [3.8, 4) is 0 Å². The summed E-state index contributed by atoms with van der Waals surface area (Å²) < 4.78 is 38.7. The van der Waals surface area contributed by atoms with Gasteiger partial charge in [-0.25, -0.2) is 18.0 Å². The topological polar surface area (TPSA) is 140 Å². The molecule has 1 unspecified atom stereocenters. The Bertz CT molecular complexity index is 1210. The molecule has 11 nitrogen and oxygen atoms in total. The van der Waals surface area contributed by atoms with Gasteiger partial charge in [0.1, 0.15) is 11.8 Å². The van der Waals surface area contributed by atoms with E-state index in [0.717, 1.165) is 10.6 Å². The largest absolute Gasteiger partial charge is 0.467 e. The van der Waals surface area contributed by atoms with E-state index in [0.29, 0.717) is 5.76 Å². The van der Waals surface area contributed by atoms with Crippen molar-refractivity contribution in [1.29, 1.82) is 0 Å². The zero-order chi connectivity index (χ0) is 24.2. The third-order valence-electron chi connectivity index (χ3n) is 5.10. The minimum Gasteiger partial charge on any atom is -0.467 e. The fourth-order valence-corrected chi connectivity index (χ4v) is 5.01. The van der Waals surface area contributed by atoms with E-state index in [1.54, 1.807) is 32.9 Å². The number of aromatic nitrogens is 1. The van der Waals surface area contributed by atoms with E-state index < -0.39 is 33.6 Å². The lowest BCUT2D eigenvalue weighted by Gasteiger charge is -2.28. The van der Waals surface area contributed by atoms with Crippen molar-refractivity contribution in [1.82, 2.24) is 19.5 Å². The van der Waals surface area contributed by atoms with Crippen LogP contribution in [0.1, 0.15) is 32.6 Å². The molecule has 0 aromatic carbocycles. The average Bonchev–Trinajstić information content (AvgIpc) is 3.30. The normalized spacial score (nSPS) is 16.5. The molecule has 0 bridgehead atoms. The number of sulfonamides is 1. The minimum atomic E-state index is -3.83. The van der Waals surface area contributed by atoms with Gasteiger partial charge >= 0.3 is 12.0 Å². The van der Waals surface area contributed by atoms with Crippen LogP contribution < -0.4 is 16.2 Å². The van der Waals surface area contributed by atoms with E-state index in [1.807, 2.05) is 0 Å². The molecule has 3 rings (SSSR count). The number of allylic oxidation sites excluding steroid dienone is 1. The predicted molar refractivity (Wildman–Crippen MR) is 118 cm³/mol. The number of nitrogens with one attached hydrogen (secondary N) is 2. The summed E-state index contributed by atoms with van der Waals surface area (Å²) >= 11 is 0. The van der Waals surface area contributed by atoms with Crippen LogP contribution >= 0.6 is 0 Å². The number of carbonyl (C=O) groups is 2. The van der Waals surface area contributed by atoms with Gasteiger partial charge in [0.2, 0.25) is 10.0 Å². The second-order valence-electron chi connectivity index (χ2n) is 7.08. The van der Waals surface area contributed by atoms with Gasteiger partial charge in [0.05, 0.1) is 35.6 Å². The number of carbonyl (C=O) groups excluding carboxylic acids is 2. The monoisotopic (exact) mass is 478 g/mol. The molecule has 2 aromatic heterocycles. The smallest absolute Gasteiger partial charge is 0.338 e. The lowest BCUT2D eigenvalue weighted by atomic mass is 10.00. The van der Waals surface area contributed by atoms with Gasteiger partial charge in [0.15, 0.2) is 0 Å². The Kier molecular flexibility index (Phi) is 7.39. The molecular weight excluding hydrogens is 452 g/mol. The quantitative estimate of drug-likeness (QED) is 0.518. The standard InChI is InChI=1S/C21H26N4O7S/c1-4-25(5-2)33(29,30)14-9-10-17(26)24(12-14)13-15-18(20(27)31-6-3)19(23-21(28)22-15)16-8-7-11-32-16/h7-12,19H,4-6,13H2,1-3H3,(H2,22,23,28). The third-order valence-corrected chi connectivity index (χ3v) is 7.14. The van der Waals surface area contributed by atoms with Crippen molar-refractivity contribution >= 4 is 22.0 Å². The SMILES string of the molecule is CCOC(=O)C1=C(Cn2cc(S(=O)(=O)N(CC)CC)ccc2=O)NC(=O)NC1c1ccco1. The highest BCUT2D eigenvalue weighted by molar-refractivity contribution is 7.89. The fraction of sp³-hybridized carbons (Fsp3) is 0.381. The van der Waals surface area contributed by atoms with E-state index in [-0.39, 0.29) is 42.4 Å². The average molecular weight is 479 g/mol. The van der Waals surface area contributed by atoms with Crippen LogP contribution in [0.2, 0.25) is 0 Å². The number of ether oxygens (including phenoxy) is 1. The number of hydrogen-bond donors (Lipinski definition) is 2. The Morgan fingerprint density at radius 3 is 2.52 bits per heavy atom. The minimum absolute atomic E-state index is 0.0512. The predicted octanol–water partition coefficient (Wildman–Crippen LogP) is 1.34. The number of pyridine rings is 1. The van der Waals surface area contributed by atoms with E-state index in [2.05, 4.69) is 10.6 Å². The van der Waals surface area contributed by atoms with E-state index in [9.17, 15) is 22.8 Å². The van der Waals surface area contributed by atoms with Gasteiger partial charge in [-0.1, -0.05) is 13.8 Å². The first-order valence-corrected chi connectivity index (χ1v) is 11.9. The van der Waals surface area contributed by atoms with Crippen LogP contribution in [-0.4, -0.2) is 49.0 Å². The van der Waals surface area contributed by atoms with Crippen molar-refractivity contribution in [2.45, 2.75) is 38.3 Å². The molecule has 1 atom stereocenters. The van der Waals surface area contributed by atoms with Crippen molar-refractivity contribution in [3.63, 3.8) is 0 Å². The summed E-state index contributed by atoms with van der Waals surface area (Å²) in [6, 6.07) is 4.02. The second-order valence-corrected chi connectivity index (χ2v) is 9.02. The second kappa shape index (κ2) is 10.0. The molecule has 1 aliphatic rings. The third kappa shape index (κ3) is 5.01. The van der Waals surface area contributed by atoms with Crippen LogP contribution in [0, 0.1) is 0 Å². The summed E-state index contributed by atoms with van der Waals surface area (Å²) in [6.45, 7) is 5.43. The van der Waals surface area contributed by atoms with Crippen LogP contribution in [0.15, 0.2) is 62.1 Å². The Labute approximate surface area is 191 Å². The van der Waals surface area contributed by atoms with Gasteiger partial charge in [0.25, 0.3) is 5.56 Å². The Morgan fingerprint density at radius 2 is 1.91 bits per heavy atom. The molecule has 0 saturated heterocycles. The maximum Gasteiger partial charge on any atom is 0.338 e. The number of urea groups is 1. The Morgan fingerprint density at radius 1 is 1.18 bits per heavy atom. The Hall–Kier alpha value is -3.38. The molecule has 33 heavy (non-hydrogen) atoms. The summed E-state index contributed by atoms with van der Waals surface area (Å²) in [6.07, 6.45) is 2.60. The summed E-state index contributed by atoms with van der Waals surface area (Å²) in [5.41, 5.74) is -0.361. The molecule has 2 amide bonds. The van der Waals surface area contributed by atoms with Crippen LogP contribution in [0.3, 0.4) is 0 Å². The van der Waals surface area contributed by atoms with Crippen LogP contribution in [-0.2, 0) is 26.1 Å². The zero-order valence-corrected chi connectivity index (χ0v) is 19.3. The molecular formula is C21H26N4O7S. The number of esters is 1. The number of nitrogens with zero attached hydrogens (tertiary/aromatic N) is 2. The number of amides is 2. The Balaban J connectivity index is 2.10. The molecule has 0 aliphatic carbocycles. The fourth-order valence-electron chi connectivity index (χ4n) is 3.53. The first-order chi connectivity index (χ1) is 15.7. The van der Waals surface area contributed by atoms with E-state index in [4.69, 9.17) is 9.15 Å². The zero-order valence-electron chi connectivity index (χ0n) is 18.5. The summed E-state index contributed by atoms with van der Waals surface area (Å²) in [5.74, 6) is -0.406. The van der Waals surface area contributed by atoms with Crippen LogP contribution in [0.4, 0.5) is 4.79 Å². The molecule has 1 aliphatic heterocycles. The summed E-state index contributed by atoms with van der Waals surface area (Å²) in [4.78, 5) is 37.6. The molecule has 2 aromatic rings.